The standard InChI is InChI=1S/C13H18O2/c1-13(2,14)11-7-9-5-4-6-10(9)8-12(11)15-3/h7-8,14H,4-6H2,1-3H3. The highest BCUT2D eigenvalue weighted by Gasteiger charge is 2.24. The van der Waals surface area contributed by atoms with E-state index < -0.39 is 5.60 Å². The second-order valence-corrected chi connectivity index (χ2v) is 4.73. The molecule has 1 aliphatic rings. The number of rotatable bonds is 2. The third-order valence-electron chi connectivity index (χ3n) is 3.07. The predicted octanol–water partition coefficient (Wildman–Crippen LogP) is 2.41. The Hall–Kier alpha value is -1.02. The van der Waals surface area contributed by atoms with Gasteiger partial charge in [0.2, 0.25) is 0 Å². The summed E-state index contributed by atoms with van der Waals surface area (Å²) in [6.45, 7) is 3.60. The summed E-state index contributed by atoms with van der Waals surface area (Å²) in [6.07, 6.45) is 3.48. The monoisotopic (exact) mass is 206 g/mol. The van der Waals surface area contributed by atoms with E-state index in [-0.39, 0.29) is 0 Å². The van der Waals surface area contributed by atoms with E-state index in [0.29, 0.717) is 0 Å². The molecular formula is C13H18O2. The number of methoxy groups -OCH3 is 1. The van der Waals surface area contributed by atoms with Crippen molar-refractivity contribution >= 4 is 0 Å². The highest BCUT2D eigenvalue weighted by atomic mass is 16.5. The number of fused-ring (bicyclic) bond motifs is 1. The number of hydrogen-bond donors (Lipinski definition) is 1. The van der Waals surface area contributed by atoms with Crippen molar-refractivity contribution in [3.05, 3.63) is 28.8 Å². The molecule has 0 unspecified atom stereocenters. The molecule has 0 atom stereocenters. The van der Waals surface area contributed by atoms with Gasteiger partial charge in [-0.2, -0.15) is 0 Å². The smallest absolute Gasteiger partial charge is 0.125 e. The molecule has 0 spiro atoms. The Morgan fingerprint density at radius 1 is 1.20 bits per heavy atom. The van der Waals surface area contributed by atoms with E-state index in [4.69, 9.17) is 4.74 Å². The summed E-state index contributed by atoms with van der Waals surface area (Å²) in [4.78, 5) is 0. The molecule has 0 bridgehead atoms. The Morgan fingerprint density at radius 2 is 1.80 bits per heavy atom. The fraction of sp³-hybridized carbons (Fsp3) is 0.538. The van der Waals surface area contributed by atoms with Crippen LogP contribution in [-0.2, 0) is 18.4 Å². The van der Waals surface area contributed by atoms with E-state index >= 15 is 0 Å². The van der Waals surface area contributed by atoms with Gasteiger partial charge in [0, 0.05) is 5.56 Å². The highest BCUT2D eigenvalue weighted by molar-refractivity contribution is 5.46. The fourth-order valence-corrected chi connectivity index (χ4v) is 2.25. The van der Waals surface area contributed by atoms with Gasteiger partial charge in [0.15, 0.2) is 0 Å². The van der Waals surface area contributed by atoms with Gasteiger partial charge in [0.1, 0.15) is 5.75 Å². The van der Waals surface area contributed by atoms with E-state index in [1.54, 1.807) is 21.0 Å². The van der Waals surface area contributed by atoms with Crippen LogP contribution in [0.1, 0.15) is 37.0 Å². The van der Waals surface area contributed by atoms with Crippen molar-refractivity contribution in [2.45, 2.75) is 38.7 Å². The van der Waals surface area contributed by atoms with Crippen LogP contribution in [0.3, 0.4) is 0 Å². The number of hydrogen-bond acceptors (Lipinski definition) is 2. The number of benzene rings is 1. The predicted molar refractivity (Wildman–Crippen MR) is 60.3 cm³/mol. The molecule has 1 aromatic rings. The summed E-state index contributed by atoms with van der Waals surface area (Å²) in [5, 5.41) is 10.1. The summed E-state index contributed by atoms with van der Waals surface area (Å²) < 4.78 is 5.34. The summed E-state index contributed by atoms with van der Waals surface area (Å²) in [5.41, 5.74) is 2.81. The lowest BCUT2D eigenvalue weighted by Gasteiger charge is -2.22. The van der Waals surface area contributed by atoms with Crippen LogP contribution < -0.4 is 4.74 Å². The zero-order chi connectivity index (χ0) is 11.1. The van der Waals surface area contributed by atoms with Crippen molar-refractivity contribution in [3.63, 3.8) is 0 Å². The van der Waals surface area contributed by atoms with Crippen molar-refractivity contribution in [2.24, 2.45) is 0 Å². The first-order valence-electron chi connectivity index (χ1n) is 5.45. The van der Waals surface area contributed by atoms with Crippen LogP contribution in [0.5, 0.6) is 5.75 Å². The van der Waals surface area contributed by atoms with Crippen LogP contribution >= 0.6 is 0 Å². The first-order chi connectivity index (χ1) is 7.02. The Kier molecular flexibility index (Phi) is 2.47. The molecule has 2 heteroatoms. The van der Waals surface area contributed by atoms with Crippen molar-refractivity contribution in [3.8, 4) is 5.75 Å². The summed E-state index contributed by atoms with van der Waals surface area (Å²) in [6, 6.07) is 4.18. The van der Waals surface area contributed by atoms with Gasteiger partial charge < -0.3 is 9.84 Å². The molecule has 1 aromatic carbocycles. The normalized spacial score (nSPS) is 15.2. The lowest BCUT2D eigenvalue weighted by atomic mass is 9.93. The van der Waals surface area contributed by atoms with Crippen molar-refractivity contribution in [2.75, 3.05) is 7.11 Å². The van der Waals surface area contributed by atoms with Gasteiger partial charge in [-0.1, -0.05) is 0 Å². The molecule has 1 aliphatic carbocycles. The Labute approximate surface area is 90.9 Å². The minimum absolute atomic E-state index is 0.808. The molecule has 0 saturated heterocycles. The fourth-order valence-electron chi connectivity index (χ4n) is 2.25. The van der Waals surface area contributed by atoms with Crippen LogP contribution in [0.15, 0.2) is 12.1 Å². The van der Waals surface area contributed by atoms with E-state index in [2.05, 4.69) is 12.1 Å². The van der Waals surface area contributed by atoms with Gasteiger partial charge in [0.25, 0.3) is 0 Å². The van der Waals surface area contributed by atoms with Gasteiger partial charge >= 0.3 is 0 Å². The maximum Gasteiger partial charge on any atom is 0.125 e. The van der Waals surface area contributed by atoms with Gasteiger partial charge in [-0.15, -0.1) is 0 Å². The zero-order valence-corrected chi connectivity index (χ0v) is 9.63. The van der Waals surface area contributed by atoms with Crippen molar-refractivity contribution in [1.82, 2.24) is 0 Å². The number of aliphatic hydroxyl groups is 1. The van der Waals surface area contributed by atoms with Crippen LogP contribution in [0.4, 0.5) is 0 Å². The lowest BCUT2D eigenvalue weighted by Crippen LogP contribution is -2.17. The van der Waals surface area contributed by atoms with E-state index in [9.17, 15) is 5.11 Å². The molecule has 1 N–H and O–H groups in total. The first kappa shape index (κ1) is 10.5. The van der Waals surface area contributed by atoms with Crippen molar-refractivity contribution < 1.29 is 9.84 Å². The van der Waals surface area contributed by atoms with Gasteiger partial charge in [-0.25, -0.2) is 0 Å². The van der Waals surface area contributed by atoms with E-state index in [0.717, 1.165) is 24.2 Å². The molecule has 0 amide bonds. The average molecular weight is 206 g/mol. The van der Waals surface area contributed by atoms with E-state index in [1.807, 2.05) is 0 Å². The van der Waals surface area contributed by atoms with Crippen LogP contribution in [0, 0.1) is 0 Å². The molecule has 0 saturated carbocycles. The summed E-state index contributed by atoms with van der Waals surface area (Å²) >= 11 is 0. The molecule has 82 valence electrons. The topological polar surface area (TPSA) is 29.5 Å². The van der Waals surface area contributed by atoms with Crippen molar-refractivity contribution in [1.29, 1.82) is 0 Å². The van der Waals surface area contributed by atoms with Gasteiger partial charge in [-0.05, 0) is 56.4 Å². The average Bonchev–Trinajstić information content (AvgIpc) is 2.60. The maximum atomic E-state index is 10.1. The number of aryl methyl sites for hydroxylation is 2. The van der Waals surface area contributed by atoms with Gasteiger partial charge in [0.05, 0.1) is 12.7 Å². The largest absolute Gasteiger partial charge is 0.496 e. The minimum atomic E-state index is -0.830. The molecule has 0 heterocycles. The van der Waals surface area contributed by atoms with Crippen LogP contribution in [-0.4, -0.2) is 12.2 Å². The molecule has 0 aliphatic heterocycles. The summed E-state index contributed by atoms with van der Waals surface area (Å²) in [5.74, 6) is 0.808. The molecular weight excluding hydrogens is 188 g/mol. The molecule has 2 nitrogen and oxygen atoms in total. The molecule has 0 radical (unpaired) electrons. The van der Waals surface area contributed by atoms with E-state index in [1.165, 1.54) is 17.5 Å². The Morgan fingerprint density at radius 3 is 2.33 bits per heavy atom. The maximum absolute atomic E-state index is 10.1. The first-order valence-corrected chi connectivity index (χ1v) is 5.45. The second kappa shape index (κ2) is 3.53. The van der Waals surface area contributed by atoms with Crippen LogP contribution in [0.2, 0.25) is 0 Å². The third-order valence-corrected chi connectivity index (χ3v) is 3.07. The quantitative estimate of drug-likeness (QED) is 0.805. The Balaban J connectivity index is 2.54. The Bertz CT molecular complexity index is 375. The highest BCUT2D eigenvalue weighted by Crippen LogP contribution is 2.35. The third kappa shape index (κ3) is 1.86. The number of ether oxygens (including phenoxy) is 1. The zero-order valence-electron chi connectivity index (χ0n) is 9.63. The molecule has 2 rings (SSSR count). The van der Waals surface area contributed by atoms with Crippen LogP contribution in [0.25, 0.3) is 0 Å². The molecule has 0 aromatic heterocycles. The molecule has 15 heavy (non-hydrogen) atoms. The lowest BCUT2D eigenvalue weighted by molar-refractivity contribution is 0.0755. The molecule has 0 fully saturated rings. The second-order valence-electron chi connectivity index (χ2n) is 4.73. The van der Waals surface area contributed by atoms with Gasteiger partial charge in [-0.3, -0.25) is 0 Å². The summed E-state index contributed by atoms with van der Waals surface area (Å²) in [7, 11) is 1.66. The SMILES string of the molecule is COc1cc2c(cc1C(C)(C)O)CCC2. The minimum Gasteiger partial charge on any atom is -0.496 e.